The van der Waals surface area contributed by atoms with E-state index in [2.05, 4.69) is 32.3 Å². The third-order valence-corrected chi connectivity index (χ3v) is 5.10. The molecule has 27 heavy (non-hydrogen) atoms. The standard InChI is InChI=1S/C22H24N4O/c1-15-5-6-20-18(11-15)13-19(16(2)25-20)22(27)24-14-17-7-8-23-21(12-17)26-9-3-4-10-26/h5-8,11-13H,3-4,9-10,14H2,1-2H3,(H,24,27). The topological polar surface area (TPSA) is 58.1 Å². The highest BCUT2D eigenvalue weighted by atomic mass is 16.1. The van der Waals surface area contributed by atoms with E-state index in [0.29, 0.717) is 12.1 Å². The molecule has 0 radical (unpaired) electrons. The molecule has 1 fully saturated rings. The molecule has 4 rings (SSSR count). The first kappa shape index (κ1) is 17.5. The lowest BCUT2D eigenvalue weighted by molar-refractivity contribution is 0.0950. The summed E-state index contributed by atoms with van der Waals surface area (Å²) >= 11 is 0. The Balaban J connectivity index is 1.50. The van der Waals surface area contributed by atoms with Crippen LogP contribution in [0, 0.1) is 13.8 Å². The van der Waals surface area contributed by atoms with Crippen LogP contribution in [0.1, 0.15) is 40.0 Å². The molecule has 0 saturated carbocycles. The number of rotatable bonds is 4. The van der Waals surface area contributed by atoms with Gasteiger partial charge >= 0.3 is 0 Å². The zero-order chi connectivity index (χ0) is 18.8. The summed E-state index contributed by atoms with van der Waals surface area (Å²) < 4.78 is 0. The van der Waals surface area contributed by atoms with Crippen LogP contribution in [-0.2, 0) is 6.54 Å². The van der Waals surface area contributed by atoms with E-state index in [1.54, 1.807) is 0 Å². The Morgan fingerprint density at radius 3 is 2.74 bits per heavy atom. The van der Waals surface area contributed by atoms with Gasteiger partial charge in [-0.1, -0.05) is 11.6 Å². The van der Waals surface area contributed by atoms with Crippen LogP contribution < -0.4 is 10.2 Å². The molecule has 1 aliphatic rings. The Kier molecular flexibility index (Phi) is 4.75. The van der Waals surface area contributed by atoms with Crippen molar-refractivity contribution in [2.75, 3.05) is 18.0 Å². The molecule has 0 spiro atoms. The molecule has 0 bridgehead atoms. The number of pyridine rings is 2. The SMILES string of the molecule is Cc1ccc2nc(C)c(C(=O)NCc3ccnc(N4CCCC4)c3)cc2c1. The Labute approximate surface area is 159 Å². The molecule has 1 aromatic carbocycles. The molecular weight excluding hydrogens is 336 g/mol. The highest BCUT2D eigenvalue weighted by Gasteiger charge is 2.15. The summed E-state index contributed by atoms with van der Waals surface area (Å²) in [5.74, 6) is 0.904. The number of benzene rings is 1. The van der Waals surface area contributed by atoms with E-state index in [4.69, 9.17) is 0 Å². The lowest BCUT2D eigenvalue weighted by Crippen LogP contribution is -2.24. The minimum absolute atomic E-state index is 0.0945. The van der Waals surface area contributed by atoms with Crippen LogP contribution in [0.5, 0.6) is 0 Å². The van der Waals surface area contributed by atoms with Gasteiger partial charge in [0.25, 0.3) is 5.91 Å². The molecule has 1 aliphatic heterocycles. The number of amides is 1. The normalized spacial score (nSPS) is 13.9. The van der Waals surface area contributed by atoms with Crippen molar-refractivity contribution >= 4 is 22.6 Å². The second kappa shape index (κ2) is 7.35. The van der Waals surface area contributed by atoms with E-state index >= 15 is 0 Å². The van der Waals surface area contributed by atoms with Crippen molar-refractivity contribution in [3.8, 4) is 0 Å². The molecule has 0 atom stereocenters. The lowest BCUT2D eigenvalue weighted by Gasteiger charge is -2.17. The Morgan fingerprint density at radius 2 is 1.93 bits per heavy atom. The predicted octanol–water partition coefficient (Wildman–Crippen LogP) is 3.78. The van der Waals surface area contributed by atoms with Gasteiger partial charge in [-0.05, 0) is 62.6 Å². The summed E-state index contributed by atoms with van der Waals surface area (Å²) in [5.41, 5.74) is 4.51. The van der Waals surface area contributed by atoms with Crippen LogP contribution in [0.2, 0.25) is 0 Å². The smallest absolute Gasteiger partial charge is 0.253 e. The Bertz CT molecular complexity index is 993. The maximum absolute atomic E-state index is 12.7. The molecule has 0 aliphatic carbocycles. The monoisotopic (exact) mass is 360 g/mol. The van der Waals surface area contributed by atoms with Gasteiger partial charge in [0.2, 0.25) is 0 Å². The van der Waals surface area contributed by atoms with Gasteiger partial charge in [0.1, 0.15) is 5.82 Å². The van der Waals surface area contributed by atoms with Gasteiger partial charge in [0, 0.05) is 31.2 Å². The number of fused-ring (bicyclic) bond motifs is 1. The maximum Gasteiger partial charge on any atom is 0.253 e. The molecule has 5 heteroatoms. The van der Waals surface area contributed by atoms with Crippen LogP contribution in [0.4, 0.5) is 5.82 Å². The first-order valence-electron chi connectivity index (χ1n) is 9.46. The van der Waals surface area contributed by atoms with Crippen LogP contribution in [-0.4, -0.2) is 29.0 Å². The van der Waals surface area contributed by atoms with Gasteiger partial charge in [-0.3, -0.25) is 9.78 Å². The van der Waals surface area contributed by atoms with Gasteiger partial charge in [0.15, 0.2) is 0 Å². The highest BCUT2D eigenvalue weighted by molar-refractivity contribution is 5.98. The molecule has 1 saturated heterocycles. The zero-order valence-electron chi connectivity index (χ0n) is 15.8. The number of nitrogens with zero attached hydrogens (tertiary/aromatic N) is 3. The fourth-order valence-electron chi connectivity index (χ4n) is 3.59. The van der Waals surface area contributed by atoms with E-state index in [1.807, 2.05) is 44.3 Å². The summed E-state index contributed by atoms with van der Waals surface area (Å²) in [6, 6.07) is 12.0. The van der Waals surface area contributed by atoms with Crippen molar-refractivity contribution in [2.24, 2.45) is 0 Å². The van der Waals surface area contributed by atoms with Crippen molar-refractivity contribution in [1.29, 1.82) is 0 Å². The number of nitrogens with one attached hydrogen (secondary N) is 1. The highest BCUT2D eigenvalue weighted by Crippen LogP contribution is 2.20. The second-order valence-corrected chi connectivity index (χ2v) is 7.22. The first-order chi connectivity index (χ1) is 13.1. The van der Waals surface area contributed by atoms with Gasteiger partial charge in [-0.25, -0.2) is 4.98 Å². The number of anilines is 1. The van der Waals surface area contributed by atoms with Gasteiger partial charge in [-0.2, -0.15) is 0 Å². The molecule has 1 N–H and O–H groups in total. The van der Waals surface area contributed by atoms with Crippen LogP contribution >= 0.6 is 0 Å². The minimum atomic E-state index is -0.0945. The number of carbonyl (C=O) groups excluding carboxylic acids is 1. The van der Waals surface area contributed by atoms with Gasteiger partial charge in [-0.15, -0.1) is 0 Å². The van der Waals surface area contributed by atoms with E-state index in [1.165, 1.54) is 12.8 Å². The fraction of sp³-hybridized carbons (Fsp3) is 0.318. The van der Waals surface area contributed by atoms with E-state index in [9.17, 15) is 4.79 Å². The molecule has 2 aromatic heterocycles. The molecular formula is C22H24N4O. The van der Waals surface area contributed by atoms with Crippen molar-refractivity contribution in [1.82, 2.24) is 15.3 Å². The van der Waals surface area contributed by atoms with E-state index < -0.39 is 0 Å². The molecule has 3 aromatic rings. The van der Waals surface area contributed by atoms with Crippen molar-refractivity contribution < 1.29 is 4.79 Å². The third kappa shape index (κ3) is 3.77. The molecule has 138 valence electrons. The van der Waals surface area contributed by atoms with Crippen LogP contribution in [0.15, 0.2) is 42.6 Å². The fourth-order valence-corrected chi connectivity index (χ4v) is 3.59. The summed E-state index contributed by atoms with van der Waals surface area (Å²) in [7, 11) is 0. The average molecular weight is 360 g/mol. The molecule has 1 amide bonds. The summed E-state index contributed by atoms with van der Waals surface area (Å²) in [5, 5.41) is 4.02. The summed E-state index contributed by atoms with van der Waals surface area (Å²) in [6.45, 7) is 6.52. The van der Waals surface area contributed by atoms with Crippen molar-refractivity contribution in [3.05, 3.63) is 65.0 Å². The quantitative estimate of drug-likeness (QED) is 0.769. The summed E-state index contributed by atoms with van der Waals surface area (Å²) in [4.78, 5) is 24.1. The van der Waals surface area contributed by atoms with Crippen molar-refractivity contribution in [2.45, 2.75) is 33.2 Å². The van der Waals surface area contributed by atoms with Crippen LogP contribution in [0.25, 0.3) is 10.9 Å². The van der Waals surface area contributed by atoms with E-state index in [-0.39, 0.29) is 5.91 Å². The predicted molar refractivity (Wildman–Crippen MR) is 108 cm³/mol. The maximum atomic E-state index is 12.7. The minimum Gasteiger partial charge on any atom is -0.357 e. The lowest BCUT2D eigenvalue weighted by atomic mass is 10.1. The van der Waals surface area contributed by atoms with Gasteiger partial charge in [0.05, 0.1) is 16.8 Å². The number of aryl methyl sites for hydroxylation is 2. The molecule has 3 heterocycles. The van der Waals surface area contributed by atoms with Crippen molar-refractivity contribution in [3.63, 3.8) is 0 Å². The Morgan fingerprint density at radius 1 is 1.11 bits per heavy atom. The molecule has 0 unspecified atom stereocenters. The largest absolute Gasteiger partial charge is 0.357 e. The molecule has 5 nitrogen and oxygen atoms in total. The number of hydrogen-bond donors (Lipinski definition) is 1. The number of hydrogen-bond acceptors (Lipinski definition) is 4. The Hall–Kier alpha value is -2.95. The number of aromatic nitrogens is 2. The first-order valence-corrected chi connectivity index (χ1v) is 9.46. The number of carbonyl (C=O) groups is 1. The van der Waals surface area contributed by atoms with Gasteiger partial charge < -0.3 is 10.2 Å². The average Bonchev–Trinajstić information content (AvgIpc) is 3.21. The van der Waals surface area contributed by atoms with E-state index in [0.717, 1.165) is 46.6 Å². The zero-order valence-corrected chi connectivity index (χ0v) is 15.8. The third-order valence-electron chi connectivity index (χ3n) is 5.10. The van der Waals surface area contributed by atoms with Crippen LogP contribution in [0.3, 0.4) is 0 Å². The summed E-state index contributed by atoms with van der Waals surface area (Å²) in [6.07, 6.45) is 4.26. The second-order valence-electron chi connectivity index (χ2n) is 7.22.